The van der Waals surface area contributed by atoms with E-state index in [4.69, 9.17) is 16.7 Å². The summed E-state index contributed by atoms with van der Waals surface area (Å²) in [5, 5.41) is 12.5. The second-order valence-electron chi connectivity index (χ2n) is 5.21. The number of aliphatic carboxylic acids is 1. The van der Waals surface area contributed by atoms with Crippen LogP contribution in [0.4, 0.5) is 0 Å². The predicted octanol–water partition coefficient (Wildman–Crippen LogP) is 2.85. The smallest absolute Gasteiger partial charge is 0.306 e. The molecule has 1 saturated carbocycles. The van der Waals surface area contributed by atoms with Crippen molar-refractivity contribution in [2.75, 3.05) is 0 Å². The molecule has 2 rings (SSSR count). The summed E-state index contributed by atoms with van der Waals surface area (Å²) >= 11 is 6.03. The maximum Gasteiger partial charge on any atom is 0.306 e. The highest BCUT2D eigenvalue weighted by Gasteiger charge is 2.30. The Balaban J connectivity index is 1.89. The number of carboxylic acid groups (broad SMARTS) is 1. The minimum absolute atomic E-state index is 0.0733. The van der Waals surface area contributed by atoms with Gasteiger partial charge in [-0.2, -0.15) is 0 Å². The zero-order valence-electron chi connectivity index (χ0n) is 11.1. The van der Waals surface area contributed by atoms with Crippen LogP contribution in [0, 0.1) is 11.8 Å². The first-order valence-corrected chi connectivity index (χ1v) is 7.19. The molecule has 2 N–H and O–H groups in total. The molecule has 0 aromatic heterocycles. The van der Waals surface area contributed by atoms with Gasteiger partial charge in [0.2, 0.25) is 5.91 Å². The van der Waals surface area contributed by atoms with Gasteiger partial charge in [-0.25, -0.2) is 0 Å². The lowest BCUT2D eigenvalue weighted by Gasteiger charge is -2.25. The van der Waals surface area contributed by atoms with Gasteiger partial charge < -0.3 is 10.4 Å². The van der Waals surface area contributed by atoms with Gasteiger partial charge in [-0.15, -0.1) is 0 Å². The van der Waals surface area contributed by atoms with Crippen molar-refractivity contribution in [2.45, 2.75) is 32.2 Å². The Morgan fingerprint density at radius 2 is 1.95 bits per heavy atom. The first kappa shape index (κ1) is 14.9. The number of hydrogen-bond donors (Lipinski definition) is 2. The van der Waals surface area contributed by atoms with Crippen LogP contribution in [0.3, 0.4) is 0 Å². The van der Waals surface area contributed by atoms with Crippen LogP contribution in [0.2, 0.25) is 5.02 Å². The fourth-order valence-electron chi connectivity index (χ4n) is 2.62. The summed E-state index contributed by atoms with van der Waals surface area (Å²) in [5.41, 5.74) is 0.869. The van der Waals surface area contributed by atoms with Gasteiger partial charge in [0.05, 0.1) is 5.92 Å². The fourth-order valence-corrected chi connectivity index (χ4v) is 2.82. The monoisotopic (exact) mass is 295 g/mol. The van der Waals surface area contributed by atoms with Crippen molar-refractivity contribution in [1.82, 2.24) is 5.32 Å². The number of carbonyl (C=O) groups excluding carboxylic acids is 1. The normalized spacial score (nSPS) is 22.2. The highest BCUT2D eigenvalue weighted by molar-refractivity contribution is 6.31. The molecular weight excluding hydrogens is 278 g/mol. The lowest BCUT2D eigenvalue weighted by atomic mass is 9.81. The zero-order valence-corrected chi connectivity index (χ0v) is 11.9. The zero-order chi connectivity index (χ0) is 14.5. The van der Waals surface area contributed by atoms with Gasteiger partial charge in [0.1, 0.15) is 0 Å². The minimum atomic E-state index is -0.798. The predicted molar refractivity (Wildman–Crippen MR) is 76.4 cm³/mol. The van der Waals surface area contributed by atoms with Gasteiger partial charge in [0.25, 0.3) is 0 Å². The topological polar surface area (TPSA) is 66.4 Å². The average Bonchev–Trinajstić information content (AvgIpc) is 2.46. The van der Waals surface area contributed by atoms with Crippen LogP contribution in [-0.4, -0.2) is 17.0 Å². The van der Waals surface area contributed by atoms with Gasteiger partial charge in [0.15, 0.2) is 0 Å². The molecule has 0 unspecified atom stereocenters. The molecule has 0 bridgehead atoms. The molecule has 1 amide bonds. The van der Waals surface area contributed by atoms with Gasteiger partial charge in [0, 0.05) is 17.5 Å². The molecule has 1 aliphatic carbocycles. The van der Waals surface area contributed by atoms with Crippen LogP contribution < -0.4 is 5.32 Å². The van der Waals surface area contributed by atoms with E-state index >= 15 is 0 Å². The molecule has 1 aromatic carbocycles. The molecule has 0 aliphatic heterocycles. The number of hydrogen-bond acceptors (Lipinski definition) is 2. The molecule has 2 atom stereocenters. The third-order valence-electron chi connectivity index (χ3n) is 3.81. The van der Waals surface area contributed by atoms with Crippen molar-refractivity contribution in [3.63, 3.8) is 0 Å². The Labute approximate surface area is 123 Å². The number of halogens is 1. The Kier molecular flexibility index (Phi) is 5.01. The van der Waals surface area contributed by atoms with Gasteiger partial charge in [-0.3, -0.25) is 9.59 Å². The summed E-state index contributed by atoms with van der Waals surface area (Å²) in [6, 6.07) is 7.36. The van der Waals surface area contributed by atoms with Crippen molar-refractivity contribution in [2.24, 2.45) is 11.8 Å². The van der Waals surface area contributed by atoms with E-state index in [-0.39, 0.29) is 17.7 Å². The quantitative estimate of drug-likeness (QED) is 0.897. The summed E-state index contributed by atoms with van der Waals surface area (Å²) in [6.07, 6.45) is 2.66. The van der Waals surface area contributed by atoms with Crippen molar-refractivity contribution >= 4 is 23.5 Å². The van der Waals surface area contributed by atoms with E-state index in [1.165, 1.54) is 0 Å². The van der Waals surface area contributed by atoms with Gasteiger partial charge in [-0.1, -0.05) is 36.2 Å². The number of carbonyl (C=O) groups is 2. The van der Waals surface area contributed by atoms with Crippen LogP contribution in [-0.2, 0) is 16.1 Å². The first-order valence-electron chi connectivity index (χ1n) is 6.82. The van der Waals surface area contributed by atoms with Crippen LogP contribution in [0.15, 0.2) is 24.3 Å². The van der Waals surface area contributed by atoms with Crippen LogP contribution in [0.1, 0.15) is 31.2 Å². The molecule has 0 spiro atoms. The van der Waals surface area contributed by atoms with E-state index in [1.54, 1.807) is 6.07 Å². The molecule has 5 heteroatoms. The maximum absolute atomic E-state index is 12.1. The third-order valence-corrected chi connectivity index (χ3v) is 4.17. The lowest BCUT2D eigenvalue weighted by molar-refractivity contribution is -0.144. The molecule has 0 heterocycles. The standard InChI is InChI=1S/C15H18ClNO3/c16-13-7-2-1-4-12(13)9-17-14(18)10-5-3-6-11(8-10)15(19)20/h1-2,4,7,10-11H,3,5-6,8-9H2,(H,17,18)(H,19,20)/t10-,11-/m1/s1. The van der Waals surface area contributed by atoms with Gasteiger partial charge >= 0.3 is 5.97 Å². The van der Waals surface area contributed by atoms with E-state index in [0.717, 1.165) is 18.4 Å². The Morgan fingerprint density at radius 3 is 2.65 bits per heavy atom. The largest absolute Gasteiger partial charge is 0.481 e. The molecule has 4 nitrogen and oxygen atoms in total. The van der Waals surface area contributed by atoms with Crippen LogP contribution in [0.25, 0.3) is 0 Å². The van der Waals surface area contributed by atoms with Crippen molar-refractivity contribution in [3.05, 3.63) is 34.9 Å². The Bertz CT molecular complexity index is 504. The maximum atomic E-state index is 12.1. The van der Waals surface area contributed by atoms with Crippen LogP contribution in [0.5, 0.6) is 0 Å². The second-order valence-corrected chi connectivity index (χ2v) is 5.62. The highest BCUT2D eigenvalue weighted by Crippen LogP contribution is 2.29. The minimum Gasteiger partial charge on any atom is -0.481 e. The fraction of sp³-hybridized carbons (Fsp3) is 0.467. The van der Waals surface area contributed by atoms with Crippen molar-refractivity contribution < 1.29 is 14.7 Å². The molecule has 1 fully saturated rings. The summed E-state index contributed by atoms with van der Waals surface area (Å²) < 4.78 is 0. The summed E-state index contributed by atoms with van der Waals surface area (Å²) in [6.45, 7) is 0.382. The molecule has 20 heavy (non-hydrogen) atoms. The number of benzene rings is 1. The van der Waals surface area contributed by atoms with Gasteiger partial charge in [-0.05, 0) is 30.9 Å². The first-order chi connectivity index (χ1) is 9.58. The molecule has 108 valence electrons. The molecule has 1 aliphatic rings. The van der Waals surface area contributed by atoms with E-state index in [1.807, 2.05) is 18.2 Å². The summed E-state index contributed by atoms with van der Waals surface area (Å²) in [4.78, 5) is 23.1. The highest BCUT2D eigenvalue weighted by atomic mass is 35.5. The number of carboxylic acids is 1. The van der Waals surface area contributed by atoms with Crippen LogP contribution >= 0.6 is 11.6 Å². The third kappa shape index (κ3) is 3.73. The number of nitrogens with one attached hydrogen (secondary N) is 1. The van der Waals surface area contributed by atoms with E-state index < -0.39 is 5.97 Å². The summed E-state index contributed by atoms with van der Waals surface area (Å²) in [7, 11) is 0. The molecular formula is C15H18ClNO3. The SMILES string of the molecule is O=C(O)[C@@H]1CCC[C@@H](C(=O)NCc2ccccc2Cl)C1. The number of amides is 1. The second kappa shape index (κ2) is 6.75. The van der Waals surface area contributed by atoms with Crippen molar-refractivity contribution in [3.8, 4) is 0 Å². The van der Waals surface area contributed by atoms with E-state index in [0.29, 0.717) is 24.4 Å². The molecule has 0 saturated heterocycles. The summed E-state index contributed by atoms with van der Waals surface area (Å²) in [5.74, 6) is -1.46. The van der Waals surface area contributed by atoms with Crippen molar-refractivity contribution in [1.29, 1.82) is 0 Å². The average molecular weight is 296 g/mol. The molecule has 0 radical (unpaired) electrons. The Morgan fingerprint density at radius 1 is 1.25 bits per heavy atom. The molecule has 1 aromatic rings. The van der Waals surface area contributed by atoms with E-state index in [2.05, 4.69) is 5.32 Å². The Hall–Kier alpha value is -1.55. The number of rotatable bonds is 4. The van der Waals surface area contributed by atoms with E-state index in [9.17, 15) is 9.59 Å². The lowest BCUT2D eigenvalue weighted by Crippen LogP contribution is -2.35.